The first-order chi connectivity index (χ1) is 10.1. The Hall–Kier alpha value is -1.75. The fourth-order valence-electron chi connectivity index (χ4n) is 1.66. The summed E-state index contributed by atoms with van der Waals surface area (Å²) in [5, 5.41) is 0.435. The van der Waals surface area contributed by atoms with Gasteiger partial charge in [0, 0.05) is 6.42 Å². The summed E-state index contributed by atoms with van der Waals surface area (Å²) < 4.78 is 5.25. The first kappa shape index (κ1) is 17.3. The number of rotatable bonds is 8. The van der Waals surface area contributed by atoms with Crippen molar-refractivity contribution in [2.75, 3.05) is 6.61 Å². The molecule has 0 saturated heterocycles. The largest absolute Gasteiger partial charge is 0.482 e. The van der Waals surface area contributed by atoms with Crippen molar-refractivity contribution in [2.45, 2.75) is 39.0 Å². The second-order valence-electron chi connectivity index (χ2n) is 4.63. The Bertz CT molecular complexity index is 466. The van der Waals surface area contributed by atoms with E-state index in [-0.39, 0.29) is 12.5 Å². The molecule has 21 heavy (non-hydrogen) atoms. The van der Waals surface area contributed by atoms with Crippen molar-refractivity contribution >= 4 is 23.4 Å². The zero-order valence-corrected chi connectivity index (χ0v) is 12.9. The van der Waals surface area contributed by atoms with Crippen LogP contribution >= 0.6 is 11.6 Å². The quantitative estimate of drug-likeness (QED) is 0.573. The number of hydrazine groups is 1. The van der Waals surface area contributed by atoms with Crippen LogP contribution in [0.2, 0.25) is 5.02 Å². The van der Waals surface area contributed by atoms with E-state index in [1.54, 1.807) is 24.3 Å². The van der Waals surface area contributed by atoms with Crippen LogP contribution in [0.3, 0.4) is 0 Å². The van der Waals surface area contributed by atoms with Crippen molar-refractivity contribution < 1.29 is 14.3 Å². The van der Waals surface area contributed by atoms with Gasteiger partial charge in [0.1, 0.15) is 5.75 Å². The molecule has 1 aromatic rings. The smallest absolute Gasteiger partial charge is 0.276 e. The Kier molecular flexibility index (Phi) is 8.28. The Morgan fingerprint density at radius 2 is 1.81 bits per heavy atom. The topological polar surface area (TPSA) is 67.4 Å². The predicted molar refractivity (Wildman–Crippen MR) is 82.0 cm³/mol. The summed E-state index contributed by atoms with van der Waals surface area (Å²) in [6.45, 7) is 1.90. The van der Waals surface area contributed by atoms with Gasteiger partial charge in [0.2, 0.25) is 5.91 Å². The Labute approximate surface area is 130 Å². The summed E-state index contributed by atoms with van der Waals surface area (Å²) in [6, 6.07) is 6.88. The van der Waals surface area contributed by atoms with Crippen LogP contribution in [0.25, 0.3) is 0 Å². The Morgan fingerprint density at radius 3 is 2.52 bits per heavy atom. The summed E-state index contributed by atoms with van der Waals surface area (Å²) in [5.41, 5.74) is 4.67. The Morgan fingerprint density at radius 1 is 1.10 bits per heavy atom. The summed E-state index contributed by atoms with van der Waals surface area (Å²) in [5.74, 6) is -0.200. The molecule has 6 heteroatoms. The van der Waals surface area contributed by atoms with E-state index in [1.807, 2.05) is 0 Å². The van der Waals surface area contributed by atoms with Crippen LogP contribution in [0.5, 0.6) is 5.75 Å². The number of carbonyl (C=O) groups is 2. The number of amides is 2. The van der Waals surface area contributed by atoms with E-state index in [0.717, 1.165) is 25.7 Å². The van der Waals surface area contributed by atoms with Gasteiger partial charge < -0.3 is 4.74 Å². The van der Waals surface area contributed by atoms with E-state index in [0.29, 0.717) is 17.2 Å². The second-order valence-corrected chi connectivity index (χ2v) is 5.03. The molecule has 0 spiro atoms. The molecule has 0 fully saturated rings. The maximum Gasteiger partial charge on any atom is 0.276 e. The van der Waals surface area contributed by atoms with E-state index in [1.165, 1.54) is 0 Å². The van der Waals surface area contributed by atoms with Gasteiger partial charge in [-0.05, 0) is 18.6 Å². The number of hydrogen-bond acceptors (Lipinski definition) is 3. The highest BCUT2D eigenvalue weighted by Crippen LogP contribution is 2.22. The van der Waals surface area contributed by atoms with Gasteiger partial charge in [-0.2, -0.15) is 0 Å². The number of nitrogens with one attached hydrogen (secondary N) is 2. The molecular weight excluding hydrogens is 292 g/mol. The standard InChI is InChI=1S/C15H21ClN2O3/c1-2-3-4-5-10-14(19)17-18-15(20)11-21-13-9-7-6-8-12(13)16/h6-9H,2-5,10-11H2,1H3,(H,17,19)(H,18,20). The lowest BCUT2D eigenvalue weighted by molar-refractivity contribution is -0.130. The normalized spacial score (nSPS) is 10.0. The lowest BCUT2D eigenvalue weighted by Gasteiger charge is -2.09. The minimum Gasteiger partial charge on any atom is -0.482 e. The van der Waals surface area contributed by atoms with Gasteiger partial charge in [0.15, 0.2) is 6.61 Å². The first-order valence-electron chi connectivity index (χ1n) is 7.08. The summed E-state index contributed by atoms with van der Waals surface area (Å²) in [6.07, 6.45) is 4.49. The lowest BCUT2D eigenvalue weighted by Crippen LogP contribution is -2.43. The van der Waals surface area contributed by atoms with Gasteiger partial charge in [-0.25, -0.2) is 0 Å². The van der Waals surface area contributed by atoms with Crippen molar-refractivity contribution in [1.82, 2.24) is 10.9 Å². The van der Waals surface area contributed by atoms with Crippen molar-refractivity contribution in [3.05, 3.63) is 29.3 Å². The molecule has 0 bridgehead atoms. The van der Waals surface area contributed by atoms with E-state index >= 15 is 0 Å². The molecule has 5 nitrogen and oxygen atoms in total. The third-order valence-corrected chi connectivity index (χ3v) is 3.11. The highest BCUT2D eigenvalue weighted by atomic mass is 35.5. The van der Waals surface area contributed by atoms with Crippen LogP contribution in [0.4, 0.5) is 0 Å². The number of para-hydroxylation sites is 1. The van der Waals surface area contributed by atoms with E-state index in [9.17, 15) is 9.59 Å². The van der Waals surface area contributed by atoms with Crippen molar-refractivity contribution in [1.29, 1.82) is 0 Å². The SMILES string of the molecule is CCCCCCC(=O)NNC(=O)COc1ccccc1Cl. The van der Waals surface area contributed by atoms with Gasteiger partial charge >= 0.3 is 0 Å². The number of halogens is 1. The van der Waals surface area contributed by atoms with Gasteiger partial charge in [-0.3, -0.25) is 20.4 Å². The third kappa shape index (κ3) is 7.56. The molecule has 0 radical (unpaired) electrons. The molecule has 116 valence electrons. The van der Waals surface area contributed by atoms with E-state index in [4.69, 9.17) is 16.3 Å². The number of unbranched alkanes of at least 4 members (excludes halogenated alkanes) is 3. The van der Waals surface area contributed by atoms with E-state index < -0.39 is 5.91 Å². The molecule has 1 aromatic carbocycles. The molecule has 0 heterocycles. The maximum absolute atomic E-state index is 11.5. The average Bonchev–Trinajstić information content (AvgIpc) is 2.48. The molecule has 1 rings (SSSR count). The monoisotopic (exact) mass is 312 g/mol. The maximum atomic E-state index is 11.5. The van der Waals surface area contributed by atoms with Crippen LogP contribution in [0.15, 0.2) is 24.3 Å². The van der Waals surface area contributed by atoms with Crippen molar-refractivity contribution in [3.8, 4) is 5.75 Å². The molecule has 2 N–H and O–H groups in total. The third-order valence-electron chi connectivity index (χ3n) is 2.79. The first-order valence-corrected chi connectivity index (χ1v) is 7.46. The van der Waals surface area contributed by atoms with Gasteiger partial charge in [-0.1, -0.05) is 49.9 Å². The molecule has 0 unspecified atom stereocenters. The van der Waals surface area contributed by atoms with Crippen LogP contribution < -0.4 is 15.6 Å². The minimum absolute atomic E-state index is 0.197. The molecule has 0 aromatic heterocycles. The van der Waals surface area contributed by atoms with Crippen molar-refractivity contribution in [2.24, 2.45) is 0 Å². The molecule has 0 aliphatic carbocycles. The molecule has 0 aliphatic heterocycles. The van der Waals surface area contributed by atoms with Crippen LogP contribution in [-0.2, 0) is 9.59 Å². The van der Waals surface area contributed by atoms with Gasteiger partial charge in [0.05, 0.1) is 5.02 Å². The summed E-state index contributed by atoms with van der Waals surface area (Å²) in [7, 11) is 0. The highest BCUT2D eigenvalue weighted by molar-refractivity contribution is 6.32. The zero-order valence-electron chi connectivity index (χ0n) is 12.2. The number of hydrogen-bond donors (Lipinski definition) is 2. The molecule has 0 saturated carbocycles. The molecule has 2 amide bonds. The van der Waals surface area contributed by atoms with Crippen LogP contribution in [-0.4, -0.2) is 18.4 Å². The van der Waals surface area contributed by atoms with E-state index in [2.05, 4.69) is 17.8 Å². The Balaban J connectivity index is 2.16. The number of ether oxygens (including phenoxy) is 1. The average molecular weight is 313 g/mol. The predicted octanol–water partition coefficient (Wildman–Crippen LogP) is 2.84. The second kappa shape index (κ2) is 10.0. The molecular formula is C15H21ClN2O3. The van der Waals surface area contributed by atoms with Gasteiger partial charge in [0.25, 0.3) is 5.91 Å². The number of benzene rings is 1. The molecule has 0 atom stereocenters. The van der Waals surface area contributed by atoms with Crippen LogP contribution in [0.1, 0.15) is 39.0 Å². The number of carbonyl (C=O) groups excluding carboxylic acids is 2. The summed E-state index contributed by atoms with van der Waals surface area (Å²) >= 11 is 5.89. The van der Waals surface area contributed by atoms with Crippen molar-refractivity contribution in [3.63, 3.8) is 0 Å². The minimum atomic E-state index is -0.433. The zero-order chi connectivity index (χ0) is 15.5. The highest BCUT2D eigenvalue weighted by Gasteiger charge is 2.07. The molecule has 0 aliphatic rings. The van der Waals surface area contributed by atoms with Crippen LogP contribution in [0, 0.1) is 0 Å². The lowest BCUT2D eigenvalue weighted by atomic mass is 10.1. The fraction of sp³-hybridized carbons (Fsp3) is 0.467. The summed E-state index contributed by atoms with van der Waals surface area (Å²) in [4.78, 5) is 23.0. The van der Waals surface area contributed by atoms with Gasteiger partial charge in [-0.15, -0.1) is 0 Å². The fourth-order valence-corrected chi connectivity index (χ4v) is 1.85.